The third kappa shape index (κ3) is 4.66. The van der Waals surface area contributed by atoms with Crippen LogP contribution in [0.3, 0.4) is 0 Å². The van der Waals surface area contributed by atoms with E-state index in [2.05, 4.69) is 4.72 Å². The fourth-order valence-corrected chi connectivity index (χ4v) is 2.89. The second kappa shape index (κ2) is 7.41. The van der Waals surface area contributed by atoms with Crippen LogP contribution in [0.15, 0.2) is 47.4 Å². The smallest absolute Gasteiger partial charge is 0.261 e. The monoisotopic (exact) mass is 341 g/mol. The highest BCUT2D eigenvalue weighted by Crippen LogP contribution is 2.21. The Labute approximate surface area is 134 Å². The fourth-order valence-electron chi connectivity index (χ4n) is 1.83. The molecule has 0 fully saturated rings. The normalized spacial score (nSPS) is 11.3. The molecule has 0 aliphatic rings. The number of hydrogen-bond donors (Lipinski definition) is 1. The highest BCUT2D eigenvalue weighted by Gasteiger charge is 2.16. The maximum Gasteiger partial charge on any atom is 0.261 e. The van der Waals surface area contributed by atoms with Crippen molar-refractivity contribution in [2.45, 2.75) is 24.7 Å². The zero-order valence-electron chi connectivity index (χ0n) is 12.6. The molecule has 4 nitrogen and oxygen atoms in total. The molecule has 23 heavy (non-hydrogen) atoms. The summed E-state index contributed by atoms with van der Waals surface area (Å²) in [4.78, 5) is -0.0379. The van der Waals surface area contributed by atoms with Gasteiger partial charge >= 0.3 is 0 Å². The van der Waals surface area contributed by atoms with Gasteiger partial charge in [0.2, 0.25) is 0 Å². The van der Waals surface area contributed by atoms with Gasteiger partial charge in [0.05, 0.1) is 17.2 Å². The molecule has 0 heterocycles. The van der Waals surface area contributed by atoms with Crippen molar-refractivity contribution in [1.29, 1.82) is 0 Å². The first kappa shape index (κ1) is 17.2. The van der Waals surface area contributed by atoms with Gasteiger partial charge in [-0.05, 0) is 42.8 Å². The third-order valence-electron chi connectivity index (χ3n) is 3.08. The summed E-state index contributed by atoms with van der Waals surface area (Å²) < 4.78 is 58.3. The quantitative estimate of drug-likeness (QED) is 0.776. The predicted octanol–water partition coefficient (Wildman–Crippen LogP) is 3.94. The minimum Gasteiger partial charge on any atom is -0.494 e. The molecule has 0 bridgehead atoms. The Bertz CT molecular complexity index is 761. The number of halogens is 2. The van der Waals surface area contributed by atoms with Crippen molar-refractivity contribution in [1.82, 2.24) is 0 Å². The summed E-state index contributed by atoms with van der Waals surface area (Å²) in [5.74, 6) is -1.20. The summed E-state index contributed by atoms with van der Waals surface area (Å²) in [6.45, 7) is 2.60. The third-order valence-corrected chi connectivity index (χ3v) is 4.46. The number of sulfonamides is 1. The molecular formula is C16H17F2NO3S. The standard InChI is InChI=1S/C16H17F2NO3S/c1-2-3-10-22-13-5-7-14(8-6-13)23(20,21)19-16-9-4-12(17)11-15(16)18/h4-9,11,19H,2-3,10H2,1H3. The number of hydrogen-bond acceptors (Lipinski definition) is 3. The van der Waals surface area contributed by atoms with Crippen LogP contribution in [0.4, 0.5) is 14.5 Å². The molecule has 0 aliphatic carbocycles. The maximum absolute atomic E-state index is 13.5. The van der Waals surface area contributed by atoms with Gasteiger partial charge in [-0.2, -0.15) is 0 Å². The Balaban J connectivity index is 2.13. The van der Waals surface area contributed by atoms with Gasteiger partial charge in [0.1, 0.15) is 17.4 Å². The Morgan fingerprint density at radius 3 is 2.39 bits per heavy atom. The molecule has 0 unspecified atom stereocenters. The number of rotatable bonds is 7. The number of anilines is 1. The van der Waals surface area contributed by atoms with Gasteiger partial charge < -0.3 is 4.74 Å². The van der Waals surface area contributed by atoms with E-state index in [0.29, 0.717) is 18.4 Å². The van der Waals surface area contributed by atoms with Crippen LogP contribution in [0.25, 0.3) is 0 Å². The van der Waals surface area contributed by atoms with Gasteiger partial charge in [0.25, 0.3) is 10.0 Å². The number of nitrogens with one attached hydrogen (secondary N) is 1. The van der Waals surface area contributed by atoms with Gasteiger partial charge in [-0.15, -0.1) is 0 Å². The fraction of sp³-hybridized carbons (Fsp3) is 0.250. The summed E-state index contributed by atoms with van der Waals surface area (Å²) in [5.41, 5.74) is -0.310. The number of benzene rings is 2. The first-order chi connectivity index (χ1) is 10.9. The Morgan fingerprint density at radius 1 is 1.09 bits per heavy atom. The van der Waals surface area contributed by atoms with Gasteiger partial charge in [0.15, 0.2) is 0 Å². The Kier molecular flexibility index (Phi) is 5.54. The van der Waals surface area contributed by atoms with E-state index in [9.17, 15) is 17.2 Å². The number of ether oxygens (including phenoxy) is 1. The first-order valence-electron chi connectivity index (χ1n) is 7.13. The lowest BCUT2D eigenvalue weighted by Crippen LogP contribution is -2.14. The highest BCUT2D eigenvalue weighted by molar-refractivity contribution is 7.92. The van der Waals surface area contributed by atoms with E-state index in [1.165, 1.54) is 24.3 Å². The molecule has 0 saturated heterocycles. The maximum atomic E-state index is 13.5. The Morgan fingerprint density at radius 2 is 1.78 bits per heavy atom. The molecule has 0 aliphatic heterocycles. The molecular weight excluding hydrogens is 324 g/mol. The van der Waals surface area contributed by atoms with E-state index in [1.54, 1.807) is 0 Å². The first-order valence-corrected chi connectivity index (χ1v) is 8.61. The molecule has 2 aromatic rings. The van der Waals surface area contributed by atoms with Crippen LogP contribution in [0.1, 0.15) is 19.8 Å². The van der Waals surface area contributed by atoms with Crippen LogP contribution in [-0.2, 0) is 10.0 Å². The molecule has 0 amide bonds. The van der Waals surface area contributed by atoms with E-state index >= 15 is 0 Å². The van der Waals surface area contributed by atoms with Crippen LogP contribution >= 0.6 is 0 Å². The molecule has 0 aromatic heterocycles. The zero-order chi connectivity index (χ0) is 16.9. The van der Waals surface area contributed by atoms with E-state index < -0.39 is 21.7 Å². The lowest BCUT2D eigenvalue weighted by atomic mass is 10.3. The van der Waals surface area contributed by atoms with Crippen molar-refractivity contribution in [3.8, 4) is 5.75 Å². The van der Waals surface area contributed by atoms with Gasteiger partial charge in [-0.3, -0.25) is 4.72 Å². The second-order valence-electron chi connectivity index (χ2n) is 4.90. The van der Waals surface area contributed by atoms with Crippen LogP contribution in [-0.4, -0.2) is 15.0 Å². The van der Waals surface area contributed by atoms with E-state index in [0.717, 1.165) is 25.0 Å². The van der Waals surface area contributed by atoms with E-state index in [4.69, 9.17) is 4.74 Å². The summed E-state index contributed by atoms with van der Waals surface area (Å²) >= 11 is 0. The summed E-state index contributed by atoms with van der Waals surface area (Å²) in [7, 11) is -3.96. The molecule has 0 saturated carbocycles. The molecule has 124 valence electrons. The van der Waals surface area contributed by atoms with Crippen LogP contribution < -0.4 is 9.46 Å². The van der Waals surface area contributed by atoms with Crippen LogP contribution in [0, 0.1) is 11.6 Å². The van der Waals surface area contributed by atoms with Gasteiger partial charge in [-0.1, -0.05) is 13.3 Å². The van der Waals surface area contributed by atoms with E-state index in [-0.39, 0.29) is 10.6 Å². The topological polar surface area (TPSA) is 55.4 Å². The zero-order valence-corrected chi connectivity index (χ0v) is 13.4. The van der Waals surface area contributed by atoms with Crippen molar-refractivity contribution in [3.05, 3.63) is 54.1 Å². The molecule has 7 heteroatoms. The van der Waals surface area contributed by atoms with E-state index in [1.807, 2.05) is 6.92 Å². The van der Waals surface area contributed by atoms with Crippen molar-refractivity contribution < 1.29 is 21.9 Å². The molecule has 1 N–H and O–H groups in total. The highest BCUT2D eigenvalue weighted by atomic mass is 32.2. The largest absolute Gasteiger partial charge is 0.494 e. The van der Waals surface area contributed by atoms with Crippen molar-refractivity contribution >= 4 is 15.7 Å². The minimum absolute atomic E-state index is 0.0379. The summed E-state index contributed by atoms with van der Waals surface area (Å²) in [5, 5.41) is 0. The predicted molar refractivity (Wildman–Crippen MR) is 84.0 cm³/mol. The average molecular weight is 341 g/mol. The second-order valence-corrected chi connectivity index (χ2v) is 6.59. The average Bonchev–Trinajstić information content (AvgIpc) is 2.51. The van der Waals surface area contributed by atoms with Gasteiger partial charge in [0, 0.05) is 6.07 Å². The molecule has 2 aromatic carbocycles. The molecule has 0 atom stereocenters. The number of unbranched alkanes of at least 4 members (excludes halogenated alkanes) is 1. The Hall–Kier alpha value is -2.15. The molecule has 2 rings (SSSR count). The lowest BCUT2D eigenvalue weighted by Gasteiger charge is -2.10. The van der Waals surface area contributed by atoms with Gasteiger partial charge in [-0.25, -0.2) is 17.2 Å². The van der Waals surface area contributed by atoms with Crippen molar-refractivity contribution in [3.63, 3.8) is 0 Å². The van der Waals surface area contributed by atoms with Crippen molar-refractivity contribution in [2.75, 3.05) is 11.3 Å². The SMILES string of the molecule is CCCCOc1ccc(S(=O)(=O)Nc2ccc(F)cc2F)cc1. The summed E-state index contributed by atoms with van der Waals surface area (Å²) in [6.07, 6.45) is 1.91. The summed E-state index contributed by atoms with van der Waals surface area (Å²) in [6, 6.07) is 8.42. The minimum atomic E-state index is -3.96. The molecule has 0 radical (unpaired) electrons. The van der Waals surface area contributed by atoms with Crippen molar-refractivity contribution in [2.24, 2.45) is 0 Å². The van der Waals surface area contributed by atoms with Crippen LogP contribution in [0.2, 0.25) is 0 Å². The van der Waals surface area contributed by atoms with Crippen LogP contribution in [0.5, 0.6) is 5.75 Å². The lowest BCUT2D eigenvalue weighted by molar-refractivity contribution is 0.309. The molecule has 0 spiro atoms.